The highest BCUT2D eigenvalue weighted by Crippen LogP contribution is 2.46. The molecular weight excluding hydrogens is 839 g/mol. The van der Waals surface area contributed by atoms with Crippen LogP contribution in [0.2, 0.25) is 0 Å². The molecule has 0 aliphatic carbocycles. The molecule has 314 valence electrons. The zero-order valence-corrected chi connectivity index (χ0v) is 36.7. The van der Waals surface area contributed by atoms with Gasteiger partial charge < -0.3 is 14.2 Å². The summed E-state index contributed by atoms with van der Waals surface area (Å²) in [5, 5.41) is 12.8. The van der Waals surface area contributed by atoms with E-state index in [4.69, 9.17) is 18.8 Å². The first kappa shape index (κ1) is 37.8. The average Bonchev–Trinajstić information content (AvgIpc) is 4.10. The van der Waals surface area contributed by atoms with Crippen molar-refractivity contribution >= 4 is 97.8 Å². The van der Waals surface area contributed by atoms with Gasteiger partial charge in [-0.1, -0.05) is 170 Å². The van der Waals surface area contributed by atoms with E-state index in [9.17, 15) is 0 Å². The minimum absolute atomic E-state index is 0.405. The highest BCUT2D eigenvalue weighted by molar-refractivity contribution is 7.25. The first-order valence-electron chi connectivity index (χ1n) is 22.6. The van der Waals surface area contributed by atoms with Gasteiger partial charge in [0.25, 0.3) is 0 Å². The van der Waals surface area contributed by atoms with Crippen molar-refractivity contribution in [2.45, 2.75) is 6.17 Å². The molecule has 0 saturated heterocycles. The molecule has 0 radical (unpaired) electrons. The molecule has 0 saturated carbocycles. The first-order valence-corrected chi connectivity index (χ1v) is 23.4. The Kier molecular flexibility index (Phi) is 8.45. The quantitative estimate of drug-likeness (QED) is 0.181. The largest absolute Gasteiger partial charge is 0.455 e. The number of benzene rings is 10. The molecule has 6 heteroatoms. The van der Waals surface area contributed by atoms with Crippen LogP contribution < -0.4 is 5.32 Å². The van der Waals surface area contributed by atoms with Gasteiger partial charge in [-0.2, -0.15) is 0 Å². The minimum Gasteiger partial charge on any atom is -0.455 e. The fourth-order valence-electron chi connectivity index (χ4n) is 10.3. The van der Waals surface area contributed by atoms with Crippen molar-refractivity contribution in [3.63, 3.8) is 0 Å². The summed E-state index contributed by atoms with van der Waals surface area (Å²) >= 11 is 1.82. The zero-order chi connectivity index (χ0) is 44.0. The van der Waals surface area contributed by atoms with Gasteiger partial charge in [0.2, 0.25) is 0 Å². The van der Waals surface area contributed by atoms with Crippen LogP contribution in [0, 0.1) is 0 Å². The topological polar surface area (TPSA) is 63.0 Å². The number of hydrogen-bond acceptors (Lipinski definition) is 6. The summed E-state index contributed by atoms with van der Waals surface area (Å²) in [4.78, 5) is 10.9. The Balaban J connectivity index is 0.982. The Morgan fingerprint density at radius 1 is 0.403 bits per heavy atom. The third-order valence-electron chi connectivity index (χ3n) is 13.4. The third-order valence-corrected chi connectivity index (χ3v) is 14.5. The highest BCUT2D eigenvalue weighted by Gasteiger charge is 2.26. The summed E-state index contributed by atoms with van der Waals surface area (Å²) in [6.07, 6.45) is -0.405. The smallest absolute Gasteiger partial charge is 0.159 e. The number of nitrogens with one attached hydrogen (secondary N) is 1. The standard InChI is InChI=1S/C61H37N3O2S/c1-2-14-36(15-3-1)37-28-30-38(31-29-37)59-62-60(64-61(63-59)49-23-13-27-54-55(49)48-20-8-11-26-53(48)67-54)40-34-39-16-4-5-17-41(39)50(35-40)43-32-33-46(58-56(43)47-19-7-10-25-52(47)66-58)45-22-12-21-44-42-18-6-9-24-51(42)65-57(44)45/h1-35,61H,(H,62,63,64). The predicted molar refractivity (Wildman–Crippen MR) is 280 cm³/mol. The molecule has 4 heterocycles. The van der Waals surface area contributed by atoms with E-state index in [0.717, 1.165) is 105 Å². The Morgan fingerprint density at radius 2 is 1.03 bits per heavy atom. The van der Waals surface area contributed by atoms with Crippen molar-refractivity contribution in [2.24, 2.45) is 9.98 Å². The Hall–Kier alpha value is -8.58. The molecule has 0 bridgehead atoms. The number of aliphatic imine (C=N–C) groups is 2. The number of amidine groups is 2. The lowest BCUT2D eigenvalue weighted by molar-refractivity contribution is 0.665. The monoisotopic (exact) mass is 875 g/mol. The summed E-state index contributed by atoms with van der Waals surface area (Å²) in [5.41, 5.74) is 12.8. The minimum atomic E-state index is -0.405. The fraction of sp³-hybridized carbons (Fsp3) is 0.0164. The lowest BCUT2D eigenvalue weighted by atomic mass is 9.90. The van der Waals surface area contributed by atoms with Gasteiger partial charge in [-0.05, 0) is 75.5 Å². The second-order valence-corrected chi connectivity index (χ2v) is 18.3. The fourth-order valence-corrected chi connectivity index (χ4v) is 11.4. The van der Waals surface area contributed by atoms with E-state index >= 15 is 0 Å². The van der Waals surface area contributed by atoms with Gasteiger partial charge in [-0.3, -0.25) is 0 Å². The first-order chi connectivity index (χ1) is 33.2. The summed E-state index contributed by atoms with van der Waals surface area (Å²) in [6.45, 7) is 0. The maximum Gasteiger partial charge on any atom is 0.159 e. The summed E-state index contributed by atoms with van der Waals surface area (Å²) in [5.74, 6) is 1.43. The van der Waals surface area contributed by atoms with Crippen LogP contribution in [0.4, 0.5) is 0 Å². The van der Waals surface area contributed by atoms with E-state index in [1.54, 1.807) is 0 Å². The van der Waals surface area contributed by atoms with Crippen molar-refractivity contribution < 1.29 is 8.83 Å². The Bertz CT molecular complexity index is 4190. The molecule has 0 spiro atoms. The van der Waals surface area contributed by atoms with Gasteiger partial charge in [-0.15, -0.1) is 11.3 Å². The molecule has 1 aliphatic heterocycles. The molecule has 1 atom stereocenters. The summed E-state index contributed by atoms with van der Waals surface area (Å²) in [6, 6.07) is 75.0. The predicted octanol–water partition coefficient (Wildman–Crippen LogP) is 16.5. The number of furan rings is 2. The van der Waals surface area contributed by atoms with Crippen LogP contribution in [0.5, 0.6) is 0 Å². The molecule has 1 aliphatic rings. The molecule has 5 nitrogen and oxygen atoms in total. The van der Waals surface area contributed by atoms with E-state index in [1.165, 1.54) is 25.7 Å². The van der Waals surface area contributed by atoms with Crippen molar-refractivity contribution in [1.29, 1.82) is 0 Å². The molecule has 67 heavy (non-hydrogen) atoms. The van der Waals surface area contributed by atoms with Gasteiger partial charge in [-0.25, -0.2) is 9.98 Å². The van der Waals surface area contributed by atoms with Crippen LogP contribution >= 0.6 is 11.3 Å². The van der Waals surface area contributed by atoms with E-state index in [-0.39, 0.29) is 0 Å². The maximum absolute atomic E-state index is 6.91. The van der Waals surface area contributed by atoms with E-state index in [1.807, 2.05) is 35.6 Å². The molecule has 0 fully saturated rings. The zero-order valence-electron chi connectivity index (χ0n) is 35.9. The normalized spacial score (nSPS) is 14.1. The van der Waals surface area contributed by atoms with Gasteiger partial charge in [0.1, 0.15) is 34.3 Å². The summed E-state index contributed by atoms with van der Waals surface area (Å²) in [7, 11) is 0. The molecular formula is C61H37N3O2S. The van der Waals surface area contributed by atoms with Gasteiger partial charge in [0.15, 0.2) is 5.84 Å². The summed E-state index contributed by atoms with van der Waals surface area (Å²) < 4.78 is 16.0. The van der Waals surface area contributed by atoms with Crippen LogP contribution in [0.1, 0.15) is 22.9 Å². The Labute approximate surface area is 388 Å². The van der Waals surface area contributed by atoms with E-state index < -0.39 is 6.17 Å². The van der Waals surface area contributed by atoms with Crippen molar-refractivity contribution in [3.8, 4) is 33.4 Å². The number of thiophene rings is 1. The second-order valence-electron chi connectivity index (χ2n) is 17.2. The molecule has 3 aromatic heterocycles. The lowest BCUT2D eigenvalue weighted by Gasteiger charge is -2.25. The van der Waals surface area contributed by atoms with Crippen LogP contribution in [0.15, 0.2) is 231 Å². The number of nitrogens with zero attached hydrogens (tertiary/aromatic N) is 2. The third kappa shape index (κ3) is 6.07. The SMILES string of the molecule is c1ccc(-c2ccc(C3=NC(c4cc(-c5ccc(-c6cccc7c6oc6ccccc67)c6oc7ccccc7c56)c5ccccc5c4)=NC(c4cccc5sc6ccccc6c45)N3)cc2)cc1. The number of rotatable bonds is 6. The Morgan fingerprint density at radius 3 is 1.90 bits per heavy atom. The van der Waals surface area contributed by atoms with Gasteiger partial charge in [0, 0.05) is 69.5 Å². The average molecular weight is 876 g/mol. The van der Waals surface area contributed by atoms with Gasteiger partial charge >= 0.3 is 0 Å². The van der Waals surface area contributed by atoms with Crippen LogP contribution in [-0.2, 0) is 0 Å². The maximum atomic E-state index is 6.91. The van der Waals surface area contributed by atoms with Crippen LogP contribution in [-0.4, -0.2) is 11.7 Å². The van der Waals surface area contributed by atoms with Crippen molar-refractivity contribution in [3.05, 3.63) is 229 Å². The molecule has 10 aromatic carbocycles. The second kappa shape index (κ2) is 15.0. The molecule has 1 N–H and O–H groups in total. The van der Waals surface area contributed by atoms with Crippen LogP contribution in [0.25, 0.3) is 108 Å². The molecule has 0 amide bonds. The van der Waals surface area contributed by atoms with Crippen LogP contribution in [0.3, 0.4) is 0 Å². The number of para-hydroxylation sites is 3. The van der Waals surface area contributed by atoms with E-state index in [0.29, 0.717) is 5.84 Å². The molecule has 14 rings (SSSR count). The molecule has 13 aromatic rings. The highest BCUT2D eigenvalue weighted by atomic mass is 32.1. The van der Waals surface area contributed by atoms with Crippen molar-refractivity contribution in [2.75, 3.05) is 0 Å². The molecule has 1 unspecified atom stereocenters. The lowest BCUT2D eigenvalue weighted by Crippen LogP contribution is -2.33. The van der Waals surface area contributed by atoms with Crippen molar-refractivity contribution in [1.82, 2.24) is 5.32 Å². The number of fused-ring (bicyclic) bond motifs is 10. The van der Waals surface area contributed by atoms with E-state index in [2.05, 4.69) is 193 Å². The van der Waals surface area contributed by atoms with Gasteiger partial charge in [0.05, 0.1) is 0 Å². The number of hydrogen-bond donors (Lipinski definition) is 1.